The summed E-state index contributed by atoms with van der Waals surface area (Å²) in [5.41, 5.74) is -0.334. The van der Waals surface area contributed by atoms with Gasteiger partial charge in [0.25, 0.3) is 5.91 Å². The zero-order chi connectivity index (χ0) is 13.8. The molecule has 0 bridgehead atoms. The second kappa shape index (κ2) is 6.29. The third-order valence-corrected chi connectivity index (χ3v) is 3.37. The molecule has 0 saturated carbocycles. The number of nitrogens with one attached hydrogen (secondary N) is 1. The van der Waals surface area contributed by atoms with Crippen LogP contribution in [0.4, 0.5) is 0 Å². The molecule has 0 aliphatic rings. The molecule has 1 aromatic rings. The number of thioether (sulfide) groups is 1. The van der Waals surface area contributed by atoms with E-state index in [2.05, 4.69) is 5.32 Å². The van der Waals surface area contributed by atoms with Crippen LogP contribution in [0.2, 0.25) is 0 Å². The number of hydrogen-bond acceptors (Lipinski definition) is 4. The van der Waals surface area contributed by atoms with E-state index in [1.54, 1.807) is 38.6 Å². The molecule has 0 unspecified atom stereocenters. The van der Waals surface area contributed by atoms with Gasteiger partial charge in [0, 0.05) is 6.54 Å². The van der Waals surface area contributed by atoms with Gasteiger partial charge < -0.3 is 14.8 Å². The summed E-state index contributed by atoms with van der Waals surface area (Å²) in [5, 5.41) is 12.8. The van der Waals surface area contributed by atoms with E-state index in [1.165, 1.54) is 0 Å². The maximum Gasteiger partial charge on any atom is 0.254 e. The van der Waals surface area contributed by atoms with E-state index < -0.39 is 5.60 Å². The predicted octanol–water partition coefficient (Wildman–Crippen LogP) is 2.13. The van der Waals surface area contributed by atoms with Crippen molar-refractivity contribution in [2.24, 2.45) is 0 Å². The van der Waals surface area contributed by atoms with Crippen molar-refractivity contribution in [2.45, 2.75) is 32.8 Å². The minimum atomic E-state index is -0.870. The Bertz CT molecular complexity index is 412. The van der Waals surface area contributed by atoms with Gasteiger partial charge in [0.15, 0.2) is 0 Å². The second-order valence-electron chi connectivity index (χ2n) is 4.75. The van der Waals surface area contributed by atoms with Gasteiger partial charge in [0.1, 0.15) is 11.5 Å². The molecule has 102 valence electrons. The molecule has 0 saturated heterocycles. The first-order valence-electron chi connectivity index (χ1n) is 5.92. The number of furan rings is 1. The van der Waals surface area contributed by atoms with Crippen molar-refractivity contribution < 1.29 is 14.3 Å². The fourth-order valence-corrected chi connectivity index (χ4v) is 2.28. The molecule has 0 fully saturated rings. The van der Waals surface area contributed by atoms with Crippen LogP contribution in [-0.2, 0) is 0 Å². The molecule has 1 heterocycles. The standard InChI is InChI=1S/C13H21NO3S/c1-9-7-11(10(2)17-9)12(15)14-8-13(3,16)5-6-18-4/h7,16H,5-6,8H2,1-4H3,(H,14,15)/t13-/m1/s1. The molecule has 0 aromatic carbocycles. The summed E-state index contributed by atoms with van der Waals surface area (Å²) in [7, 11) is 0. The Morgan fingerprint density at radius 1 is 1.56 bits per heavy atom. The number of hydrogen-bond donors (Lipinski definition) is 2. The quantitative estimate of drug-likeness (QED) is 0.832. The van der Waals surface area contributed by atoms with Crippen molar-refractivity contribution in [3.05, 3.63) is 23.2 Å². The van der Waals surface area contributed by atoms with E-state index in [-0.39, 0.29) is 12.5 Å². The van der Waals surface area contributed by atoms with Crippen LogP contribution in [0.1, 0.15) is 35.2 Å². The lowest BCUT2D eigenvalue weighted by Crippen LogP contribution is -2.41. The van der Waals surface area contributed by atoms with E-state index >= 15 is 0 Å². The normalized spacial score (nSPS) is 14.3. The van der Waals surface area contributed by atoms with Crippen LogP contribution >= 0.6 is 11.8 Å². The van der Waals surface area contributed by atoms with Crippen molar-refractivity contribution in [1.29, 1.82) is 0 Å². The SMILES string of the molecule is CSCC[C@@](C)(O)CNC(=O)c1cc(C)oc1C. The Labute approximate surface area is 112 Å². The molecule has 1 atom stereocenters. The van der Waals surface area contributed by atoms with Gasteiger partial charge in [-0.2, -0.15) is 11.8 Å². The van der Waals surface area contributed by atoms with Gasteiger partial charge in [-0.05, 0) is 45.3 Å². The molecule has 1 aromatic heterocycles. The van der Waals surface area contributed by atoms with Crippen molar-refractivity contribution in [1.82, 2.24) is 5.32 Å². The predicted molar refractivity (Wildman–Crippen MR) is 74.1 cm³/mol. The minimum absolute atomic E-state index is 0.200. The summed E-state index contributed by atoms with van der Waals surface area (Å²) in [6.07, 6.45) is 2.64. The fourth-order valence-electron chi connectivity index (χ4n) is 1.63. The third-order valence-electron chi connectivity index (χ3n) is 2.76. The number of carbonyl (C=O) groups excluding carboxylic acids is 1. The molecule has 1 rings (SSSR count). The number of aryl methyl sites for hydroxylation is 2. The van der Waals surface area contributed by atoms with Crippen LogP contribution in [0.5, 0.6) is 0 Å². The topological polar surface area (TPSA) is 62.5 Å². The summed E-state index contributed by atoms with van der Waals surface area (Å²) in [4.78, 5) is 11.9. The number of amides is 1. The summed E-state index contributed by atoms with van der Waals surface area (Å²) in [6.45, 7) is 5.54. The highest BCUT2D eigenvalue weighted by Crippen LogP contribution is 2.15. The van der Waals surface area contributed by atoms with Crippen LogP contribution in [0.25, 0.3) is 0 Å². The number of carbonyl (C=O) groups is 1. The molecule has 4 nitrogen and oxygen atoms in total. The van der Waals surface area contributed by atoms with Crippen LogP contribution in [0, 0.1) is 13.8 Å². The van der Waals surface area contributed by atoms with Crippen LogP contribution in [-0.4, -0.2) is 35.2 Å². The molecular formula is C13H21NO3S. The molecular weight excluding hydrogens is 250 g/mol. The van der Waals surface area contributed by atoms with Gasteiger partial charge in [-0.25, -0.2) is 0 Å². The molecule has 1 amide bonds. The highest BCUT2D eigenvalue weighted by atomic mass is 32.2. The third kappa shape index (κ3) is 4.38. The zero-order valence-electron chi connectivity index (χ0n) is 11.4. The summed E-state index contributed by atoms with van der Waals surface area (Å²) < 4.78 is 5.31. The van der Waals surface area contributed by atoms with Crippen LogP contribution in [0.3, 0.4) is 0 Å². The van der Waals surface area contributed by atoms with Gasteiger partial charge in [-0.1, -0.05) is 0 Å². The molecule has 5 heteroatoms. The smallest absolute Gasteiger partial charge is 0.254 e. The molecule has 0 radical (unpaired) electrons. The summed E-state index contributed by atoms with van der Waals surface area (Å²) >= 11 is 1.68. The van der Waals surface area contributed by atoms with Crippen molar-refractivity contribution >= 4 is 17.7 Å². The second-order valence-corrected chi connectivity index (χ2v) is 5.73. The van der Waals surface area contributed by atoms with Gasteiger partial charge in [0.2, 0.25) is 0 Å². The van der Waals surface area contributed by atoms with Gasteiger partial charge in [0.05, 0.1) is 11.2 Å². The van der Waals surface area contributed by atoms with Gasteiger partial charge >= 0.3 is 0 Å². The first-order valence-corrected chi connectivity index (χ1v) is 7.31. The zero-order valence-corrected chi connectivity index (χ0v) is 12.2. The van der Waals surface area contributed by atoms with E-state index in [9.17, 15) is 9.90 Å². The Kier molecular flexibility index (Phi) is 5.28. The monoisotopic (exact) mass is 271 g/mol. The van der Waals surface area contributed by atoms with Crippen molar-refractivity contribution in [2.75, 3.05) is 18.6 Å². The van der Waals surface area contributed by atoms with Crippen molar-refractivity contribution in [3.63, 3.8) is 0 Å². The first kappa shape index (κ1) is 15.1. The molecule has 0 aliphatic heterocycles. The number of aliphatic hydroxyl groups is 1. The lowest BCUT2D eigenvalue weighted by Gasteiger charge is -2.23. The van der Waals surface area contributed by atoms with E-state index in [4.69, 9.17) is 4.42 Å². The minimum Gasteiger partial charge on any atom is -0.466 e. The van der Waals surface area contributed by atoms with Crippen LogP contribution < -0.4 is 5.32 Å². The maximum atomic E-state index is 11.9. The average Bonchev–Trinajstić information content (AvgIpc) is 2.63. The molecule has 18 heavy (non-hydrogen) atoms. The lowest BCUT2D eigenvalue weighted by atomic mass is 10.0. The number of rotatable bonds is 6. The van der Waals surface area contributed by atoms with Crippen molar-refractivity contribution in [3.8, 4) is 0 Å². The van der Waals surface area contributed by atoms with E-state index in [1.807, 2.05) is 6.26 Å². The Morgan fingerprint density at radius 3 is 2.72 bits per heavy atom. The Hall–Kier alpha value is -0.940. The Morgan fingerprint density at radius 2 is 2.22 bits per heavy atom. The fraction of sp³-hybridized carbons (Fsp3) is 0.615. The van der Waals surface area contributed by atoms with Gasteiger partial charge in [-0.15, -0.1) is 0 Å². The first-order chi connectivity index (χ1) is 8.35. The van der Waals surface area contributed by atoms with Gasteiger partial charge in [-0.3, -0.25) is 4.79 Å². The molecule has 0 aliphatic carbocycles. The van der Waals surface area contributed by atoms with E-state index in [0.717, 1.165) is 5.75 Å². The van der Waals surface area contributed by atoms with Crippen LogP contribution in [0.15, 0.2) is 10.5 Å². The molecule has 2 N–H and O–H groups in total. The Balaban J connectivity index is 2.53. The summed E-state index contributed by atoms with van der Waals surface area (Å²) in [6, 6.07) is 1.71. The lowest BCUT2D eigenvalue weighted by molar-refractivity contribution is 0.0528. The summed E-state index contributed by atoms with van der Waals surface area (Å²) in [5.74, 6) is 1.99. The largest absolute Gasteiger partial charge is 0.466 e. The molecule has 0 spiro atoms. The highest BCUT2D eigenvalue weighted by Gasteiger charge is 2.22. The van der Waals surface area contributed by atoms with E-state index in [0.29, 0.717) is 23.5 Å². The average molecular weight is 271 g/mol. The highest BCUT2D eigenvalue weighted by molar-refractivity contribution is 7.98. The maximum absolute atomic E-state index is 11.9.